The number of nitrogens with zero attached hydrogens (tertiary/aromatic N) is 4. The van der Waals surface area contributed by atoms with E-state index < -0.39 is 34.0 Å². The summed E-state index contributed by atoms with van der Waals surface area (Å²) in [7, 11) is 0.540. The molecule has 2 unspecified atom stereocenters. The molecule has 2 atom stereocenters. The Morgan fingerprint density at radius 1 is 1.26 bits per heavy atom. The minimum absolute atomic E-state index is 0.0560. The summed E-state index contributed by atoms with van der Waals surface area (Å²) in [4.78, 5) is 37.0. The number of halogens is 2. The zero-order chi connectivity index (χ0) is 27.8. The predicted octanol–water partition coefficient (Wildman–Crippen LogP) is 2.25. The molecule has 1 aliphatic heterocycles. The van der Waals surface area contributed by atoms with E-state index in [4.69, 9.17) is 33.7 Å². The molecule has 3 heterocycles. The van der Waals surface area contributed by atoms with E-state index in [1.165, 1.54) is 24.3 Å². The maximum atomic E-state index is 13.3. The number of carbonyl (C=O) groups excluding carboxylic acids is 2. The molecular formula is C24H26Cl2N6O5S. The van der Waals surface area contributed by atoms with Gasteiger partial charge < -0.3 is 20.3 Å². The van der Waals surface area contributed by atoms with Crippen molar-refractivity contribution in [2.45, 2.75) is 29.8 Å². The molecule has 14 heteroatoms. The summed E-state index contributed by atoms with van der Waals surface area (Å²) in [5.41, 5.74) is 6.53. The summed E-state index contributed by atoms with van der Waals surface area (Å²) >= 11 is 12.7. The molecule has 1 fully saturated rings. The first-order valence-electron chi connectivity index (χ1n) is 11.5. The number of anilines is 2. The minimum Gasteiger partial charge on any atom is -0.467 e. The van der Waals surface area contributed by atoms with Gasteiger partial charge in [-0.3, -0.25) is 4.79 Å². The van der Waals surface area contributed by atoms with Crippen LogP contribution < -0.4 is 15.4 Å². The summed E-state index contributed by atoms with van der Waals surface area (Å²) in [6.07, 6.45) is 2.93. The molecule has 1 saturated heterocycles. The molecule has 1 aliphatic rings. The van der Waals surface area contributed by atoms with E-state index in [1.807, 2.05) is 0 Å². The normalized spacial score (nSPS) is 16.6. The number of rotatable bonds is 8. The fourth-order valence-corrected chi connectivity index (χ4v) is 6.19. The number of amides is 1. The molecule has 3 N–H and O–H groups in total. The Kier molecular flexibility index (Phi) is 7.98. The van der Waals surface area contributed by atoms with Crippen LogP contribution >= 0.6 is 23.2 Å². The molecule has 0 radical (unpaired) electrons. The first-order valence-corrected chi connectivity index (χ1v) is 13.7. The van der Waals surface area contributed by atoms with E-state index in [9.17, 15) is 18.0 Å². The summed E-state index contributed by atoms with van der Waals surface area (Å²) < 4.78 is 33.4. The van der Waals surface area contributed by atoms with Gasteiger partial charge in [0.15, 0.2) is 0 Å². The van der Waals surface area contributed by atoms with Gasteiger partial charge in [0.1, 0.15) is 28.6 Å². The van der Waals surface area contributed by atoms with Crippen molar-refractivity contribution in [3.63, 3.8) is 0 Å². The van der Waals surface area contributed by atoms with Crippen molar-refractivity contribution in [3.05, 3.63) is 52.3 Å². The molecule has 4 rings (SSSR count). The topological polar surface area (TPSA) is 148 Å². The standard InChI is InChI=1S/C24H26Cl2N6O5S/c1-31(2)22-18(26)10-15(12-29-22)38(35,36)30-19-5-7-32(23(19)33)20(24(34)37-3)9-14-8-13-4-6-28-21(27)16(13)11-17(14)25/h4,6,8,10-12,19-20,30H,5,7,9H2,1-3H3,(H2,27,28). The van der Waals surface area contributed by atoms with Crippen LogP contribution in [0.25, 0.3) is 10.8 Å². The summed E-state index contributed by atoms with van der Waals surface area (Å²) in [6, 6.07) is 4.36. The van der Waals surface area contributed by atoms with Gasteiger partial charge >= 0.3 is 5.97 Å². The predicted molar refractivity (Wildman–Crippen MR) is 145 cm³/mol. The summed E-state index contributed by atoms with van der Waals surface area (Å²) in [5, 5.41) is 1.93. The number of nitrogens with two attached hydrogens (primary N) is 1. The van der Waals surface area contributed by atoms with Crippen molar-refractivity contribution in [1.82, 2.24) is 19.6 Å². The van der Waals surface area contributed by atoms with Gasteiger partial charge in [-0.2, -0.15) is 4.72 Å². The highest BCUT2D eigenvalue weighted by molar-refractivity contribution is 7.89. The molecule has 1 amide bonds. The number of esters is 1. The zero-order valence-electron chi connectivity index (χ0n) is 20.8. The van der Waals surface area contributed by atoms with Gasteiger partial charge in [0.2, 0.25) is 15.9 Å². The first-order chi connectivity index (χ1) is 17.9. The van der Waals surface area contributed by atoms with Crippen LogP contribution in [0.4, 0.5) is 11.6 Å². The van der Waals surface area contributed by atoms with Crippen LogP contribution in [0.3, 0.4) is 0 Å². The number of nitrogen functional groups attached to an aromatic ring is 1. The lowest BCUT2D eigenvalue weighted by molar-refractivity contribution is -0.151. The van der Waals surface area contributed by atoms with Crippen LogP contribution in [0.15, 0.2) is 41.6 Å². The third-order valence-corrected chi connectivity index (χ3v) is 8.36. The fraction of sp³-hybridized carbons (Fsp3) is 0.333. The number of sulfonamides is 1. The monoisotopic (exact) mass is 580 g/mol. The number of ether oxygens (including phenoxy) is 1. The highest BCUT2D eigenvalue weighted by Gasteiger charge is 2.41. The van der Waals surface area contributed by atoms with Crippen molar-refractivity contribution in [3.8, 4) is 0 Å². The number of methoxy groups -OCH3 is 1. The van der Waals surface area contributed by atoms with E-state index in [-0.39, 0.29) is 29.3 Å². The zero-order valence-corrected chi connectivity index (χ0v) is 23.1. The molecular weight excluding hydrogens is 555 g/mol. The van der Waals surface area contributed by atoms with Crippen LogP contribution in [0.1, 0.15) is 12.0 Å². The molecule has 0 saturated carbocycles. The highest BCUT2D eigenvalue weighted by Crippen LogP contribution is 2.30. The van der Waals surface area contributed by atoms with Crippen LogP contribution in [-0.2, 0) is 30.8 Å². The quantitative estimate of drug-likeness (QED) is 0.382. The first kappa shape index (κ1) is 27.8. The van der Waals surface area contributed by atoms with Crippen LogP contribution in [0.2, 0.25) is 10.0 Å². The van der Waals surface area contributed by atoms with Gasteiger partial charge in [-0.1, -0.05) is 23.2 Å². The van der Waals surface area contributed by atoms with Crippen molar-refractivity contribution >= 4 is 67.5 Å². The number of carbonyl (C=O) groups is 2. The van der Waals surface area contributed by atoms with Gasteiger partial charge in [-0.25, -0.2) is 23.2 Å². The molecule has 38 heavy (non-hydrogen) atoms. The van der Waals surface area contributed by atoms with Gasteiger partial charge in [-0.15, -0.1) is 0 Å². The lowest BCUT2D eigenvalue weighted by Gasteiger charge is -2.26. The second-order valence-corrected chi connectivity index (χ2v) is 11.5. The summed E-state index contributed by atoms with van der Waals surface area (Å²) in [6.45, 7) is 0.131. The molecule has 11 nitrogen and oxygen atoms in total. The van der Waals surface area contributed by atoms with Gasteiger partial charge in [0, 0.05) is 49.9 Å². The maximum Gasteiger partial charge on any atom is 0.328 e. The van der Waals surface area contributed by atoms with Crippen LogP contribution in [0, 0.1) is 0 Å². The Balaban J connectivity index is 1.56. The van der Waals surface area contributed by atoms with Crippen molar-refractivity contribution in [1.29, 1.82) is 0 Å². The number of nitrogens with one attached hydrogen (secondary N) is 1. The number of fused-ring (bicyclic) bond motifs is 1. The molecule has 0 aliphatic carbocycles. The molecule has 0 bridgehead atoms. The SMILES string of the molecule is COC(=O)C(Cc1cc2ccnc(N)c2cc1Cl)N1CCC(NS(=O)(=O)c2cnc(N(C)C)c(Cl)c2)C1=O. The van der Waals surface area contributed by atoms with Gasteiger partial charge in [-0.05, 0) is 41.6 Å². The average Bonchev–Trinajstić information content (AvgIpc) is 3.21. The largest absolute Gasteiger partial charge is 0.467 e. The Bertz CT molecular complexity index is 1520. The highest BCUT2D eigenvalue weighted by atomic mass is 35.5. The van der Waals surface area contributed by atoms with Crippen LogP contribution in [0.5, 0.6) is 0 Å². The molecule has 0 spiro atoms. The van der Waals surface area contributed by atoms with E-state index in [1.54, 1.807) is 43.4 Å². The number of benzene rings is 1. The second-order valence-electron chi connectivity index (χ2n) is 8.97. The third kappa shape index (κ3) is 5.48. The maximum absolute atomic E-state index is 13.3. The second kappa shape index (κ2) is 10.9. The van der Waals surface area contributed by atoms with Crippen molar-refractivity contribution in [2.75, 3.05) is 38.4 Å². The molecule has 202 valence electrons. The number of hydrogen-bond donors (Lipinski definition) is 2. The smallest absolute Gasteiger partial charge is 0.328 e. The minimum atomic E-state index is -4.13. The van der Waals surface area contributed by atoms with E-state index >= 15 is 0 Å². The Hall–Kier alpha value is -3.19. The van der Waals surface area contributed by atoms with Crippen molar-refractivity contribution < 1.29 is 22.7 Å². The number of pyridine rings is 2. The van der Waals surface area contributed by atoms with Crippen LogP contribution in [-0.4, -0.2) is 75.0 Å². The number of hydrogen-bond acceptors (Lipinski definition) is 9. The molecule has 3 aromatic rings. The number of likely N-dealkylation sites (tertiary alicyclic amines) is 1. The Labute approximate surface area is 229 Å². The fourth-order valence-electron chi connectivity index (χ4n) is 4.35. The van der Waals surface area contributed by atoms with E-state index in [0.717, 1.165) is 5.39 Å². The van der Waals surface area contributed by atoms with Crippen molar-refractivity contribution in [2.24, 2.45) is 0 Å². The Morgan fingerprint density at radius 3 is 2.66 bits per heavy atom. The Morgan fingerprint density at radius 2 is 2.00 bits per heavy atom. The lowest BCUT2D eigenvalue weighted by atomic mass is 10.0. The third-order valence-electron chi connectivity index (χ3n) is 6.29. The lowest BCUT2D eigenvalue weighted by Crippen LogP contribution is -2.48. The molecule has 2 aromatic heterocycles. The van der Waals surface area contributed by atoms with Gasteiger partial charge in [0.25, 0.3) is 0 Å². The van der Waals surface area contributed by atoms with E-state index in [0.29, 0.717) is 27.6 Å². The summed E-state index contributed by atoms with van der Waals surface area (Å²) in [5.74, 6) is -0.486. The average molecular weight is 581 g/mol. The molecule has 1 aromatic carbocycles. The number of aromatic nitrogens is 2. The van der Waals surface area contributed by atoms with Gasteiger partial charge in [0.05, 0.1) is 12.1 Å². The van der Waals surface area contributed by atoms with E-state index in [2.05, 4.69) is 14.7 Å².